The molecule has 0 bridgehead atoms. The summed E-state index contributed by atoms with van der Waals surface area (Å²) in [7, 11) is 0. The highest BCUT2D eigenvalue weighted by Gasteiger charge is 2.22. The van der Waals surface area contributed by atoms with Gasteiger partial charge in [-0.3, -0.25) is 9.99 Å². The summed E-state index contributed by atoms with van der Waals surface area (Å²) >= 11 is 1.85. The van der Waals surface area contributed by atoms with Crippen molar-refractivity contribution in [1.29, 1.82) is 0 Å². The van der Waals surface area contributed by atoms with Gasteiger partial charge in [-0.05, 0) is 52.4 Å². The molecule has 5 heteroatoms. The van der Waals surface area contributed by atoms with Crippen LogP contribution in [0.15, 0.2) is 152 Å². The van der Waals surface area contributed by atoms with E-state index in [1.54, 1.807) is 0 Å². The summed E-state index contributed by atoms with van der Waals surface area (Å²) in [6.07, 6.45) is 5.16. The summed E-state index contributed by atoms with van der Waals surface area (Å²) in [6, 6.07) is 53.9. The van der Waals surface area contributed by atoms with Crippen molar-refractivity contribution in [3.8, 4) is 11.1 Å². The van der Waals surface area contributed by atoms with E-state index >= 15 is 0 Å². The Hall–Kier alpha value is -5.46. The molecule has 0 aliphatic heterocycles. The Morgan fingerprint density at radius 2 is 1.31 bits per heavy atom. The molecule has 2 aromatic heterocycles. The second-order valence-corrected chi connectivity index (χ2v) is 13.9. The van der Waals surface area contributed by atoms with Gasteiger partial charge in [-0.1, -0.05) is 146 Å². The van der Waals surface area contributed by atoms with Gasteiger partial charge in [-0.15, -0.1) is 11.3 Å². The first-order chi connectivity index (χ1) is 24.2. The molecule has 0 spiro atoms. The lowest BCUT2D eigenvalue weighted by atomic mass is 9.92. The number of aromatic nitrogens is 1. The molecule has 4 nitrogen and oxygen atoms in total. The molecule has 1 aliphatic rings. The van der Waals surface area contributed by atoms with Gasteiger partial charge < -0.3 is 11.2 Å². The number of hydrogen-bond acceptors (Lipinski definition) is 4. The fourth-order valence-corrected chi connectivity index (χ4v) is 8.40. The molecule has 6 aromatic carbocycles. The first-order valence-corrected chi connectivity index (χ1v) is 17.7. The molecule has 3 atom stereocenters. The molecule has 238 valence electrons. The van der Waals surface area contributed by atoms with E-state index < -0.39 is 0 Å². The van der Waals surface area contributed by atoms with E-state index in [9.17, 15) is 0 Å². The number of nitrogens with zero attached hydrogens (tertiary/aromatic N) is 1. The largest absolute Gasteiger partial charge is 0.312 e. The normalized spacial score (nSPS) is 15.4. The van der Waals surface area contributed by atoms with Gasteiger partial charge in [0.2, 0.25) is 0 Å². The third-order valence-electron chi connectivity index (χ3n) is 9.82. The molecule has 9 rings (SSSR count). The van der Waals surface area contributed by atoms with Crippen LogP contribution in [-0.2, 0) is 0 Å². The maximum Gasteiger partial charge on any atom is 0.119 e. The van der Waals surface area contributed by atoms with Crippen molar-refractivity contribution >= 4 is 54.6 Å². The zero-order valence-electron chi connectivity index (χ0n) is 27.0. The molecule has 4 N–H and O–H groups in total. The fourth-order valence-electron chi connectivity index (χ4n) is 7.28. The summed E-state index contributed by atoms with van der Waals surface area (Å²) < 4.78 is 4.90. The van der Waals surface area contributed by atoms with Crippen LogP contribution in [0.3, 0.4) is 0 Å². The molecule has 0 saturated carbocycles. The Kier molecular flexibility index (Phi) is 7.58. The minimum atomic E-state index is -0.382. The Labute approximate surface area is 289 Å². The minimum Gasteiger partial charge on any atom is -0.312 e. The van der Waals surface area contributed by atoms with E-state index in [1.807, 2.05) is 29.5 Å². The lowest BCUT2D eigenvalue weighted by molar-refractivity contribution is 0.460. The average molecular weight is 653 g/mol. The number of thiophene rings is 1. The second kappa shape index (κ2) is 12.5. The van der Waals surface area contributed by atoms with Crippen molar-refractivity contribution < 1.29 is 0 Å². The number of nitrogens with one attached hydrogen (secondary N) is 2. The number of fused-ring (bicyclic) bond motifs is 6. The summed E-state index contributed by atoms with van der Waals surface area (Å²) in [5, 5.41) is 10.1. The van der Waals surface area contributed by atoms with Crippen molar-refractivity contribution in [3.05, 3.63) is 179 Å². The molecule has 3 unspecified atom stereocenters. The van der Waals surface area contributed by atoms with E-state index in [0.717, 1.165) is 23.1 Å². The zero-order valence-corrected chi connectivity index (χ0v) is 27.8. The van der Waals surface area contributed by atoms with Crippen molar-refractivity contribution in [1.82, 2.24) is 9.99 Å². The van der Waals surface area contributed by atoms with Gasteiger partial charge in [0.05, 0.1) is 17.0 Å². The molecule has 0 amide bonds. The van der Waals surface area contributed by atoms with E-state index in [-0.39, 0.29) is 18.2 Å². The molecular formula is C44H36N4S. The average Bonchev–Trinajstić information content (AvgIpc) is 3.68. The maximum atomic E-state index is 6.88. The van der Waals surface area contributed by atoms with Gasteiger partial charge in [-0.25, -0.2) is 0 Å². The molecule has 0 radical (unpaired) electrons. The van der Waals surface area contributed by atoms with E-state index in [4.69, 9.17) is 5.73 Å². The Balaban J connectivity index is 1.21. The minimum absolute atomic E-state index is 0.281. The first kappa shape index (κ1) is 29.7. The monoisotopic (exact) mass is 652 g/mol. The van der Waals surface area contributed by atoms with Crippen LogP contribution in [-0.4, -0.2) is 4.68 Å². The SMILES string of the molecule is NC(NC(Nn1c2c(c3cc4c(cc31)sc1ccccc14)=CCC(c1ccccc1)C=2)c1ccc(-c2ccccc2)cc1)c1ccccc1. The Morgan fingerprint density at radius 1 is 0.633 bits per heavy atom. The van der Waals surface area contributed by atoms with Crippen molar-refractivity contribution in [2.45, 2.75) is 24.7 Å². The highest BCUT2D eigenvalue weighted by Crippen LogP contribution is 2.36. The summed E-state index contributed by atoms with van der Waals surface area (Å²) in [5.74, 6) is 0.281. The van der Waals surface area contributed by atoms with Crippen LogP contribution >= 0.6 is 11.3 Å². The summed E-state index contributed by atoms with van der Waals surface area (Å²) in [6.45, 7) is 0. The van der Waals surface area contributed by atoms with Crippen molar-refractivity contribution in [2.24, 2.45) is 5.73 Å². The number of rotatable bonds is 8. The van der Waals surface area contributed by atoms with Crippen molar-refractivity contribution in [3.63, 3.8) is 0 Å². The highest BCUT2D eigenvalue weighted by molar-refractivity contribution is 7.25. The third kappa shape index (κ3) is 5.52. The van der Waals surface area contributed by atoms with E-state index in [0.29, 0.717) is 0 Å². The van der Waals surface area contributed by atoms with Crippen LogP contribution in [0.2, 0.25) is 0 Å². The van der Waals surface area contributed by atoms with Crippen LogP contribution in [0.1, 0.15) is 41.4 Å². The molecule has 8 aromatic rings. The molecule has 1 aliphatic carbocycles. The van der Waals surface area contributed by atoms with Gasteiger partial charge in [0.15, 0.2) is 0 Å². The van der Waals surface area contributed by atoms with Gasteiger partial charge >= 0.3 is 0 Å². The van der Waals surface area contributed by atoms with Crippen LogP contribution < -0.4 is 27.0 Å². The topological polar surface area (TPSA) is 55.0 Å². The molecule has 49 heavy (non-hydrogen) atoms. The van der Waals surface area contributed by atoms with Gasteiger partial charge in [0.1, 0.15) is 6.17 Å². The Morgan fingerprint density at radius 3 is 2.08 bits per heavy atom. The summed E-state index contributed by atoms with van der Waals surface area (Å²) in [4.78, 5) is 0. The lowest BCUT2D eigenvalue weighted by Gasteiger charge is -2.27. The summed E-state index contributed by atoms with van der Waals surface area (Å²) in [5.41, 5.74) is 17.8. The first-order valence-electron chi connectivity index (χ1n) is 16.9. The predicted octanol–water partition coefficient (Wildman–Crippen LogP) is 8.91. The van der Waals surface area contributed by atoms with Crippen LogP contribution in [0.4, 0.5) is 0 Å². The third-order valence-corrected chi connectivity index (χ3v) is 11.0. The van der Waals surface area contributed by atoms with Crippen molar-refractivity contribution in [2.75, 3.05) is 5.43 Å². The number of benzene rings is 6. The van der Waals surface area contributed by atoms with Crippen LogP contribution in [0, 0.1) is 0 Å². The van der Waals surface area contributed by atoms with Gasteiger partial charge in [-0.2, -0.15) is 0 Å². The maximum absolute atomic E-state index is 6.88. The lowest BCUT2D eigenvalue weighted by Crippen LogP contribution is -2.44. The standard InChI is InChI=1S/C44H36N4S/c45-43(32-16-8-3-9-17-32)46-44(33-22-20-31(21-23-33)29-12-4-1-5-13-29)47-48-39-26-34(30-14-6-2-7-15-30)24-25-35(39)37-27-38-36-18-10-11-19-41(36)49-42(38)28-40(37)48/h1-23,25-28,34,43-44,46-47H,24,45H2. The fraction of sp³-hybridized carbons (Fsp3) is 0.0909. The Bertz CT molecular complexity index is 2540. The van der Waals surface area contributed by atoms with E-state index in [1.165, 1.54) is 52.8 Å². The molecule has 2 heterocycles. The molecule has 0 fully saturated rings. The zero-order chi connectivity index (χ0) is 32.7. The van der Waals surface area contributed by atoms with Gasteiger partial charge in [0, 0.05) is 36.7 Å². The molecule has 0 saturated heterocycles. The van der Waals surface area contributed by atoms with Crippen LogP contribution in [0.5, 0.6) is 0 Å². The number of nitrogens with two attached hydrogens (primary N) is 1. The van der Waals surface area contributed by atoms with Crippen LogP contribution in [0.25, 0.3) is 54.4 Å². The van der Waals surface area contributed by atoms with E-state index in [2.05, 4.69) is 161 Å². The smallest absolute Gasteiger partial charge is 0.119 e. The quantitative estimate of drug-likeness (QED) is 0.144. The predicted molar refractivity (Wildman–Crippen MR) is 207 cm³/mol. The number of hydrogen-bond donors (Lipinski definition) is 3. The second-order valence-electron chi connectivity index (χ2n) is 12.8. The molecular weight excluding hydrogens is 617 g/mol. The highest BCUT2D eigenvalue weighted by atomic mass is 32.1. The van der Waals surface area contributed by atoms with Gasteiger partial charge in [0.25, 0.3) is 0 Å².